The van der Waals surface area contributed by atoms with Crippen LogP contribution in [-0.4, -0.2) is 26.6 Å². The molecule has 0 spiro atoms. The van der Waals surface area contributed by atoms with Gasteiger partial charge >= 0.3 is 0 Å². The van der Waals surface area contributed by atoms with Gasteiger partial charge in [0.05, 0.1) is 27.9 Å². The SMILES string of the molecule is Cc1cc(C#N)cc(C(N)=O)c1NC(=O)c1cc(C(F)F)nn1-c1ncccc1Cl. The van der Waals surface area contributed by atoms with E-state index < -0.39 is 23.9 Å². The average molecular weight is 431 g/mol. The minimum absolute atomic E-state index is 0.0251. The second-order valence-electron chi connectivity index (χ2n) is 6.12. The first-order valence-electron chi connectivity index (χ1n) is 8.37. The van der Waals surface area contributed by atoms with Crippen LogP contribution in [0.25, 0.3) is 5.82 Å². The zero-order chi connectivity index (χ0) is 22.0. The Morgan fingerprint density at radius 3 is 2.67 bits per heavy atom. The molecule has 0 radical (unpaired) electrons. The van der Waals surface area contributed by atoms with Gasteiger partial charge in [0.2, 0.25) is 0 Å². The van der Waals surface area contributed by atoms with Crippen LogP contribution in [0.1, 0.15) is 44.1 Å². The number of primary amides is 1. The summed E-state index contributed by atoms with van der Waals surface area (Å²) < 4.78 is 27.4. The Hall–Kier alpha value is -3.84. The van der Waals surface area contributed by atoms with Crippen molar-refractivity contribution in [1.29, 1.82) is 5.26 Å². The zero-order valence-corrected chi connectivity index (χ0v) is 16.1. The number of aryl methyl sites for hydroxylation is 1. The van der Waals surface area contributed by atoms with Gasteiger partial charge in [-0.2, -0.15) is 10.4 Å². The van der Waals surface area contributed by atoms with Gasteiger partial charge in [0.15, 0.2) is 5.82 Å². The van der Waals surface area contributed by atoms with E-state index in [4.69, 9.17) is 22.6 Å². The summed E-state index contributed by atoms with van der Waals surface area (Å²) in [5.74, 6) is -1.76. The Labute approximate surface area is 173 Å². The third kappa shape index (κ3) is 3.97. The lowest BCUT2D eigenvalue weighted by atomic mass is 10.0. The Morgan fingerprint density at radius 2 is 2.07 bits per heavy atom. The smallest absolute Gasteiger partial charge is 0.282 e. The number of aromatic nitrogens is 3. The summed E-state index contributed by atoms with van der Waals surface area (Å²) in [4.78, 5) is 28.7. The van der Waals surface area contributed by atoms with E-state index >= 15 is 0 Å². The van der Waals surface area contributed by atoms with E-state index in [1.54, 1.807) is 6.92 Å². The van der Waals surface area contributed by atoms with Gasteiger partial charge in [-0.3, -0.25) is 9.59 Å². The van der Waals surface area contributed by atoms with Crippen LogP contribution in [0.4, 0.5) is 14.5 Å². The fraction of sp³-hybridized carbons (Fsp3) is 0.105. The van der Waals surface area contributed by atoms with Crippen molar-refractivity contribution >= 4 is 29.1 Å². The summed E-state index contributed by atoms with van der Waals surface area (Å²) in [7, 11) is 0. The molecule has 152 valence electrons. The van der Waals surface area contributed by atoms with Crippen LogP contribution < -0.4 is 11.1 Å². The van der Waals surface area contributed by atoms with Crippen molar-refractivity contribution in [2.24, 2.45) is 5.73 Å². The van der Waals surface area contributed by atoms with Crippen molar-refractivity contribution in [3.05, 3.63) is 69.6 Å². The largest absolute Gasteiger partial charge is 0.366 e. The van der Waals surface area contributed by atoms with E-state index in [-0.39, 0.29) is 33.3 Å². The highest BCUT2D eigenvalue weighted by Gasteiger charge is 2.24. The number of nitrogens with two attached hydrogens (primary N) is 1. The lowest BCUT2D eigenvalue weighted by molar-refractivity contribution is 0.100. The molecule has 0 atom stereocenters. The predicted octanol–water partition coefficient (Wildman–Crippen LogP) is 3.39. The average Bonchev–Trinajstić information content (AvgIpc) is 3.15. The highest BCUT2D eigenvalue weighted by molar-refractivity contribution is 6.32. The molecule has 8 nitrogen and oxygen atoms in total. The monoisotopic (exact) mass is 430 g/mol. The minimum Gasteiger partial charge on any atom is -0.366 e. The Balaban J connectivity index is 2.10. The highest BCUT2D eigenvalue weighted by Crippen LogP contribution is 2.27. The Morgan fingerprint density at radius 1 is 1.33 bits per heavy atom. The number of benzene rings is 1. The molecular formula is C19H13ClF2N6O2. The molecule has 0 saturated heterocycles. The van der Waals surface area contributed by atoms with Crippen LogP contribution in [0, 0.1) is 18.3 Å². The molecule has 0 fully saturated rings. The van der Waals surface area contributed by atoms with Crippen LogP contribution in [0.5, 0.6) is 0 Å². The van der Waals surface area contributed by atoms with Gasteiger partial charge in [0.1, 0.15) is 11.4 Å². The van der Waals surface area contributed by atoms with Crippen LogP contribution in [0.15, 0.2) is 36.5 Å². The number of carbonyl (C=O) groups excluding carboxylic acids is 2. The lowest BCUT2D eigenvalue weighted by Crippen LogP contribution is -2.22. The molecule has 0 unspecified atom stereocenters. The topological polar surface area (TPSA) is 127 Å². The van der Waals surface area contributed by atoms with Crippen molar-refractivity contribution in [1.82, 2.24) is 14.8 Å². The van der Waals surface area contributed by atoms with Crippen LogP contribution in [-0.2, 0) is 0 Å². The van der Waals surface area contributed by atoms with E-state index in [0.29, 0.717) is 5.56 Å². The first-order chi connectivity index (χ1) is 14.2. The molecule has 0 saturated carbocycles. The van der Waals surface area contributed by atoms with Gasteiger partial charge in [-0.1, -0.05) is 11.6 Å². The summed E-state index contributed by atoms with van der Waals surface area (Å²) in [5, 5.41) is 15.4. The fourth-order valence-corrected chi connectivity index (χ4v) is 2.95. The third-order valence-electron chi connectivity index (χ3n) is 4.09. The second kappa shape index (κ2) is 8.26. The fourth-order valence-electron chi connectivity index (χ4n) is 2.75. The van der Waals surface area contributed by atoms with E-state index in [9.17, 15) is 18.4 Å². The number of anilines is 1. The number of nitrogens with one attached hydrogen (secondary N) is 1. The molecule has 2 aromatic heterocycles. The molecular weight excluding hydrogens is 418 g/mol. The van der Waals surface area contributed by atoms with Gasteiger partial charge in [0, 0.05) is 6.20 Å². The standard InChI is InChI=1S/C19H13ClF2N6O2/c1-9-5-10(8-23)6-11(17(24)29)15(9)26-19(30)14-7-13(16(21)22)27-28(14)18-12(20)3-2-4-25-18/h2-7,16H,1H3,(H2,24,29)(H,26,30). The minimum atomic E-state index is -2.95. The molecule has 3 rings (SSSR count). The number of hydrogen-bond acceptors (Lipinski definition) is 5. The maximum Gasteiger partial charge on any atom is 0.282 e. The Kier molecular flexibility index (Phi) is 5.75. The number of hydrogen-bond donors (Lipinski definition) is 2. The van der Waals surface area contributed by atoms with Crippen LogP contribution >= 0.6 is 11.6 Å². The molecule has 0 bridgehead atoms. The zero-order valence-electron chi connectivity index (χ0n) is 15.4. The van der Waals surface area contributed by atoms with E-state index in [1.165, 1.54) is 30.5 Å². The summed E-state index contributed by atoms with van der Waals surface area (Å²) in [6, 6.07) is 8.45. The third-order valence-corrected chi connectivity index (χ3v) is 4.39. The maximum atomic E-state index is 13.2. The molecule has 0 aliphatic rings. The number of alkyl halides is 2. The van der Waals surface area contributed by atoms with E-state index in [2.05, 4.69) is 15.4 Å². The summed E-state index contributed by atoms with van der Waals surface area (Å²) in [5.41, 5.74) is 4.91. The van der Waals surface area contributed by atoms with Gasteiger partial charge < -0.3 is 11.1 Å². The molecule has 1 aromatic carbocycles. The number of nitrogens with zero attached hydrogens (tertiary/aromatic N) is 4. The van der Waals surface area contributed by atoms with Gasteiger partial charge in [0.25, 0.3) is 18.2 Å². The molecule has 0 aliphatic carbocycles. The molecule has 3 N–H and O–H groups in total. The summed E-state index contributed by atoms with van der Waals surface area (Å²) in [6.45, 7) is 1.56. The number of halogens is 3. The van der Waals surface area contributed by atoms with E-state index in [0.717, 1.165) is 10.7 Å². The molecule has 30 heavy (non-hydrogen) atoms. The Bertz CT molecular complexity index is 1200. The van der Waals surface area contributed by atoms with Crippen LogP contribution in [0.3, 0.4) is 0 Å². The van der Waals surface area contributed by atoms with Crippen LogP contribution in [0.2, 0.25) is 5.02 Å². The maximum absolute atomic E-state index is 13.2. The summed E-state index contributed by atoms with van der Waals surface area (Å²) in [6.07, 6.45) is -1.58. The van der Waals surface area contributed by atoms with Crippen molar-refractivity contribution < 1.29 is 18.4 Å². The van der Waals surface area contributed by atoms with Gasteiger partial charge in [-0.05, 0) is 42.8 Å². The number of rotatable bonds is 5. The van der Waals surface area contributed by atoms with Crippen molar-refractivity contribution in [3.8, 4) is 11.9 Å². The number of nitriles is 1. The number of carbonyl (C=O) groups is 2. The first-order valence-corrected chi connectivity index (χ1v) is 8.75. The lowest BCUT2D eigenvalue weighted by Gasteiger charge is -2.13. The van der Waals surface area contributed by atoms with Crippen molar-refractivity contribution in [2.75, 3.05) is 5.32 Å². The highest BCUT2D eigenvalue weighted by atomic mass is 35.5. The normalized spacial score (nSPS) is 10.7. The van der Waals surface area contributed by atoms with Gasteiger partial charge in [-0.15, -0.1) is 0 Å². The predicted molar refractivity (Wildman–Crippen MR) is 104 cm³/mol. The second-order valence-corrected chi connectivity index (χ2v) is 6.53. The molecule has 11 heteroatoms. The molecule has 2 heterocycles. The van der Waals surface area contributed by atoms with E-state index in [1.807, 2.05) is 6.07 Å². The quantitative estimate of drug-likeness (QED) is 0.641. The number of pyridine rings is 1. The first kappa shape index (κ1) is 20.9. The molecule has 2 amide bonds. The van der Waals surface area contributed by atoms with Crippen molar-refractivity contribution in [3.63, 3.8) is 0 Å². The summed E-state index contributed by atoms with van der Waals surface area (Å²) >= 11 is 6.08. The van der Waals surface area contributed by atoms with Gasteiger partial charge in [-0.25, -0.2) is 18.4 Å². The molecule has 0 aliphatic heterocycles. The molecule has 3 aromatic rings. The number of amides is 2. The van der Waals surface area contributed by atoms with Crippen molar-refractivity contribution in [2.45, 2.75) is 13.3 Å².